The van der Waals surface area contributed by atoms with E-state index in [0.29, 0.717) is 22.0 Å². The maximum atomic E-state index is 11.9. The predicted molar refractivity (Wildman–Crippen MR) is 96.9 cm³/mol. The molecule has 136 valence electrons. The van der Waals surface area contributed by atoms with E-state index in [1.54, 1.807) is 48.5 Å². The third-order valence-electron chi connectivity index (χ3n) is 3.43. The van der Waals surface area contributed by atoms with Crippen molar-refractivity contribution in [3.05, 3.63) is 59.1 Å². The number of hydroxylamine groups is 1. The number of amides is 1. The van der Waals surface area contributed by atoms with E-state index in [2.05, 4.69) is 5.16 Å². The Labute approximate surface area is 155 Å². The molecule has 7 nitrogen and oxygen atoms in total. The number of rotatable bonds is 7. The molecule has 0 spiro atoms. The Morgan fingerprint density at radius 1 is 1.08 bits per heavy atom. The normalized spacial score (nSPS) is 11.1. The number of halogens is 1. The molecule has 0 aliphatic carbocycles. The zero-order chi connectivity index (χ0) is 19.1. The molecule has 2 rings (SSSR count). The van der Waals surface area contributed by atoms with Crippen LogP contribution < -0.4 is 9.90 Å². The Bertz CT molecular complexity index is 803. The summed E-state index contributed by atoms with van der Waals surface area (Å²) in [7, 11) is 0. The average molecular weight is 377 g/mol. The van der Waals surface area contributed by atoms with Gasteiger partial charge in [0.25, 0.3) is 5.91 Å². The van der Waals surface area contributed by atoms with Gasteiger partial charge in [-0.15, -0.1) is 5.06 Å². The van der Waals surface area contributed by atoms with Crippen LogP contribution in [0.4, 0.5) is 5.69 Å². The first-order valence-corrected chi connectivity index (χ1v) is 8.06. The van der Waals surface area contributed by atoms with Gasteiger partial charge in [-0.3, -0.25) is 9.59 Å². The highest BCUT2D eigenvalue weighted by Crippen LogP contribution is 2.22. The largest absolute Gasteiger partial charge is 0.481 e. The van der Waals surface area contributed by atoms with E-state index in [1.807, 2.05) is 0 Å². The highest BCUT2D eigenvalue weighted by molar-refractivity contribution is 6.30. The summed E-state index contributed by atoms with van der Waals surface area (Å²) in [4.78, 5) is 28.2. The van der Waals surface area contributed by atoms with E-state index in [-0.39, 0.29) is 24.5 Å². The van der Waals surface area contributed by atoms with Crippen molar-refractivity contribution in [2.45, 2.75) is 19.8 Å². The van der Waals surface area contributed by atoms with Gasteiger partial charge in [0, 0.05) is 18.4 Å². The summed E-state index contributed by atoms with van der Waals surface area (Å²) < 4.78 is 0. The van der Waals surface area contributed by atoms with Crippen LogP contribution in [0.2, 0.25) is 5.02 Å². The summed E-state index contributed by atoms with van der Waals surface area (Å²) in [6.45, 7) is 1.36. The lowest BCUT2D eigenvalue weighted by Crippen LogP contribution is -2.32. The molecular formula is C18H17ClN2O5. The molecular weight excluding hydrogens is 360 g/mol. The van der Waals surface area contributed by atoms with Crippen molar-refractivity contribution in [2.75, 3.05) is 5.06 Å². The number of nitrogens with zero attached hydrogens (tertiary/aromatic N) is 2. The zero-order valence-electron chi connectivity index (χ0n) is 13.9. The van der Waals surface area contributed by atoms with Crippen LogP contribution >= 0.6 is 11.6 Å². The van der Waals surface area contributed by atoms with Crippen molar-refractivity contribution >= 4 is 34.9 Å². The third-order valence-corrected chi connectivity index (χ3v) is 3.68. The first kappa shape index (κ1) is 19.3. The molecule has 0 fully saturated rings. The molecule has 0 saturated carbocycles. The van der Waals surface area contributed by atoms with Gasteiger partial charge in [-0.2, -0.15) is 0 Å². The van der Waals surface area contributed by atoms with Crippen molar-refractivity contribution in [3.63, 3.8) is 0 Å². The first-order valence-electron chi connectivity index (χ1n) is 7.68. The molecule has 0 bridgehead atoms. The molecule has 0 aromatic heterocycles. The fourth-order valence-electron chi connectivity index (χ4n) is 2.17. The van der Waals surface area contributed by atoms with Gasteiger partial charge in [0.2, 0.25) is 0 Å². The molecule has 2 aromatic rings. The molecule has 0 atom stereocenters. The van der Waals surface area contributed by atoms with Crippen molar-refractivity contribution in [1.29, 1.82) is 0 Å². The molecule has 0 heterocycles. The van der Waals surface area contributed by atoms with Crippen LogP contribution in [-0.4, -0.2) is 27.9 Å². The second-order valence-electron chi connectivity index (χ2n) is 5.35. The van der Waals surface area contributed by atoms with E-state index in [9.17, 15) is 9.59 Å². The molecule has 1 amide bonds. The third kappa shape index (κ3) is 5.22. The number of carbonyl (C=O) groups is 2. The van der Waals surface area contributed by atoms with Gasteiger partial charge in [-0.05, 0) is 42.0 Å². The minimum absolute atomic E-state index is 0.0862. The lowest BCUT2D eigenvalue weighted by atomic mass is 10.1. The lowest BCUT2D eigenvalue weighted by Gasteiger charge is -2.21. The summed E-state index contributed by atoms with van der Waals surface area (Å²) in [6.07, 6.45) is -0.0662. The van der Waals surface area contributed by atoms with Crippen LogP contribution in [0, 0.1) is 0 Å². The summed E-state index contributed by atoms with van der Waals surface area (Å²) in [5.74, 6) is -0.885. The Hall–Kier alpha value is -3.06. The Morgan fingerprint density at radius 3 is 2.19 bits per heavy atom. The van der Waals surface area contributed by atoms with E-state index in [0.717, 1.165) is 5.06 Å². The van der Waals surface area contributed by atoms with Gasteiger partial charge < -0.3 is 15.2 Å². The van der Waals surface area contributed by atoms with Gasteiger partial charge in [0.1, 0.15) is 0 Å². The Kier molecular flexibility index (Phi) is 6.57. The van der Waals surface area contributed by atoms with Crippen LogP contribution in [0.1, 0.15) is 25.3 Å². The van der Waals surface area contributed by atoms with E-state index < -0.39 is 5.97 Å². The van der Waals surface area contributed by atoms with Crippen molar-refractivity contribution in [1.82, 2.24) is 0 Å². The second-order valence-corrected chi connectivity index (χ2v) is 5.78. The molecule has 2 aromatic carbocycles. The number of oxime groups is 1. The number of carboxylic acid groups (broad SMARTS) is 1. The van der Waals surface area contributed by atoms with Gasteiger partial charge >= 0.3 is 5.97 Å². The molecule has 0 aliphatic rings. The zero-order valence-corrected chi connectivity index (χ0v) is 14.7. The molecule has 0 saturated heterocycles. The van der Waals surface area contributed by atoms with Crippen molar-refractivity contribution in [2.24, 2.45) is 5.16 Å². The van der Waals surface area contributed by atoms with E-state index in [4.69, 9.17) is 26.8 Å². The maximum Gasteiger partial charge on any atom is 0.303 e. The number of anilines is 1. The fraction of sp³-hybridized carbons (Fsp3) is 0.167. The lowest BCUT2D eigenvalue weighted by molar-refractivity contribution is -0.136. The number of hydrogen-bond donors (Lipinski definition) is 2. The summed E-state index contributed by atoms with van der Waals surface area (Å²) in [5.41, 5.74) is 1.26. The standard InChI is InChI=1S/C18H17ClN2O5/c1-12(22)21(26-16-8-4-14(19)5-9-16)15-6-2-13(3-7-15)17(20-25)10-11-18(23)24/h2-9,25H,10-11H2,1H3,(H,23,24)/b20-17+. The second kappa shape index (κ2) is 8.87. The van der Waals surface area contributed by atoms with Crippen LogP contribution in [0.15, 0.2) is 53.7 Å². The van der Waals surface area contributed by atoms with Crippen LogP contribution in [0.3, 0.4) is 0 Å². The van der Waals surface area contributed by atoms with Gasteiger partial charge in [-0.25, -0.2) is 0 Å². The van der Waals surface area contributed by atoms with Crippen molar-refractivity contribution < 1.29 is 24.7 Å². The minimum atomic E-state index is -0.984. The topological polar surface area (TPSA) is 99.4 Å². The van der Waals surface area contributed by atoms with Crippen molar-refractivity contribution in [3.8, 4) is 5.75 Å². The highest BCUT2D eigenvalue weighted by atomic mass is 35.5. The number of carbonyl (C=O) groups excluding carboxylic acids is 1. The Balaban J connectivity index is 2.18. The number of carboxylic acids is 1. The summed E-state index contributed by atoms with van der Waals surface area (Å²) >= 11 is 5.83. The highest BCUT2D eigenvalue weighted by Gasteiger charge is 2.15. The molecule has 2 N–H and O–H groups in total. The van der Waals surface area contributed by atoms with Crippen LogP contribution in [0.5, 0.6) is 5.75 Å². The molecule has 8 heteroatoms. The van der Waals surface area contributed by atoms with E-state index in [1.165, 1.54) is 6.92 Å². The molecule has 26 heavy (non-hydrogen) atoms. The molecule has 0 radical (unpaired) electrons. The Morgan fingerprint density at radius 2 is 1.69 bits per heavy atom. The predicted octanol–water partition coefficient (Wildman–Crippen LogP) is 3.73. The maximum absolute atomic E-state index is 11.9. The monoisotopic (exact) mass is 376 g/mol. The molecule has 0 unspecified atom stereocenters. The smallest absolute Gasteiger partial charge is 0.303 e. The summed E-state index contributed by atoms with van der Waals surface area (Å²) in [6, 6.07) is 13.0. The summed E-state index contributed by atoms with van der Waals surface area (Å²) in [5, 5.41) is 22.6. The van der Waals surface area contributed by atoms with Crippen LogP contribution in [0.25, 0.3) is 0 Å². The van der Waals surface area contributed by atoms with Gasteiger partial charge in [0.05, 0.1) is 17.8 Å². The SMILES string of the molecule is CC(=O)N(Oc1ccc(Cl)cc1)c1ccc(/C(CCC(=O)O)=N/O)cc1. The number of aliphatic carboxylic acids is 1. The first-order chi connectivity index (χ1) is 12.4. The minimum Gasteiger partial charge on any atom is -0.481 e. The quantitative estimate of drug-likeness (QED) is 0.435. The number of hydrogen-bond acceptors (Lipinski definition) is 5. The fourth-order valence-corrected chi connectivity index (χ4v) is 2.29. The average Bonchev–Trinajstić information content (AvgIpc) is 2.62. The van der Waals surface area contributed by atoms with Gasteiger partial charge in [0.15, 0.2) is 5.75 Å². The van der Waals surface area contributed by atoms with Gasteiger partial charge in [-0.1, -0.05) is 28.9 Å². The van der Waals surface area contributed by atoms with E-state index >= 15 is 0 Å². The van der Waals surface area contributed by atoms with Crippen LogP contribution in [-0.2, 0) is 9.59 Å². The molecule has 0 aliphatic heterocycles. The number of benzene rings is 2.